The number of ether oxygens (including phenoxy) is 1. The molecule has 0 N–H and O–H groups in total. The van der Waals surface area contributed by atoms with E-state index >= 15 is 0 Å². The quantitative estimate of drug-likeness (QED) is 0.806. The Morgan fingerprint density at radius 1 is 1.07 bits per heavy atom. The van der Waals surface area contributed by atoms with Crippen LogP contribution in [0.4, 0.5) is 5.69 Å². The molecule has 6 nitrogen and oxygen atoms in total. The molecule has 0 aliphatic carbocycles. The van der Waals surface area contributed by atoms with Crippen LogP contribution in [-0.2, 0) is 9.53 Å². The molecular weight excluding hydrogens is 364 g/mol. The molecule has 29 heavy (non-hydrogen) atoms. The minimum atomic E-state index is -0.205. The molecule has 1 spiro atoms. The van der Waals surface area contributed by atoms with Crippen molar-refractivity contribution in [1.29, 1.82) is 0 Å². The lowest BCUT2D eigenvalue weighted by Crippen LogP contribution is -2.52. The molecule has 3 fully saturated rings. The van der Waals surface area contributed by atoms with Crippen molar-refractivity contribution in [2.24, 2.45) is 0 Å². The zero-order valence-corrected chi connectivity index (χ0v) is 16.5. The lowest BCUT2D eigenvalue weighted by atomic mass is 9.91. The highest BCUT2D eigenvalue weighted by Crippen LogP contribution is 2.38. The van der Waals surface area contributed by atoms with Crippen LogP contribution in [0.1, 0.15) is 18.4 Å². The van der Waals surface area contributed by atoms with Crippen LogP contribution in [0.15, 0.2) is 61.1 Å². The molecule has 150 valence electrons. The van der Waals surface area contributed by atoms with Crippen molar-refractivity contribution in [3.8, 4) is 0 Å². The molecule has 0 radical (unpaired) electrons. The topological polar surface area (TPSA) is 48.9 Å². The molecule has 1 atom stereocenters. The van der Waals surface area contributed by atoms with E-state index in [-0.39, 0.29) is 17.7 Å². The van der Waals surface area contributed by atoms with E-state index in [9.17, 15) is 4.79 Å². The van der Waals surface area contributed by atoms with Gasteiger partial charge in [-0.05, 0) is 36.6 Å². The second-order valence-corrected chi connectivity index (χ2v) is 8.13. The van der Waals surface area contributed by atoms with Crippen LogP contribution >= 0.6 is 0 Å². The summed E-state index contributed by atoms with van der Waals surface area (Å²) in [5.74, 6) is 0.160. The first-order chi connectivity index (χ1) is 14.2. The Kier molecular flexibility index (Phi) is 4.72. The summed E-state index contributed by atoms with van der Waals surface area (Å²) < 4.78 is 6.52. The Morgan fingerprint density at radius 3 is 2.59 bits per heavy atom. The van der Waals surface area contributed by atoms with Gasteiger partial charge in [0.05, 0.1) is 25.2 Å². The molecule has 0 saturated carbocycles. The maximum atomic E-state index is 12.8. The smallest absolute Gasteiger partial charge is 0.244 e. The lowest BCUT2D eigenvalue weighted by molar-refractivity contribution is -0.146. The van der Waals surface area contributed by atoms with Gasteiger partial charge in [0, 0.05) is 37.4 Å². The fraction of sp³-hybridized carbons (Fsp3) is 0.391. The number of fused-ring (bicyclic) bond motifs is 1. The number of rotatable bonds is 3. The number of piperidine rings is 1. The number of hydrogen-bond acceptors (Lipinski definition) is 5. The maximum Gasteiger partial charge on any atom is 0.244 e. The summed E-state index contributed by atoms with van der Waals surface area (Å²) in [5, 5.41) is 0. The number of aromatic nitrogens is 1. The van der Waals surface area contributed by atoms with Crippen molar-refractivity contribution in [1.82, 2.24) is 14.8 Å². The summed E-state index contributed by atoms with van der Waals surface area (Å²) in [7, 11) is 0. The van der Waals surface area contributed by atoms with E-state index in [1.54, 1.807) is 0 Å². The zero-order valence-electron chi connectivity index (χ0n) is 16.5. The monoisotopic (exact) mass is 390 g/mol. The number of amides is 1. The SMILES string of the molecule is O=C1CN(C=Cc2ccccc2)CC2OC3(CCN(c4ccncc4)CC3)CN12. The minimum Gasteiger partial charge on any atom is -0.371 e. The van der Waals surface area contributed by atoms with Crippen LogP contribution in [0.3, 0.4) is 0 Å². The van der Waals surface area contributed by atoms with Crippen LogP contribution in [0.25, 0.3) is 6.08 Å². The van der Waals surface area contributed by atoms with Gasteiger partial charge in [-0.15, -0.1) is 0 Å². The first kappa shape index (κ1) is 18.2. The van der Waals surface area contributed by atoms with E-state index < -0.39 is 0 Å². The maximum absolute atomic E-state index is 12.8. The van der Waals surface area contributed by atoms with Gasteiger partial charge in [-0.25, -0.2) is 0 Å². The highest BCUT2D eigenvalue weighted by atomic mass is 16.5. The molecule has 1 amide bonds. The fourth-order valence-corrected chi connectivity index (χ4v) is 4.59. The van der Waals surface area contributed by atoms with Crippen LogP contribution < -0.4 is 4.90 Å². The first-order valence-electron chi connectivity index (χ1n) is 10.3. The Labute approximate surface area is 171 Å². The van der Waals surface area contributed by atoms with Crippen molar-refractivity contribution in [2.45, 2.75) is 24.7 Å². The van der Waals surface area contributed by atoms with Crippen LogP contribution in [0.5, 0.6) is 0 Å². The molecule has 1 aromatic carbocycles. The summed E-state index contributed by atoms with van der Waals surface area (Å²) in [6.45, 7) is 3.75. The Bertz CT molecular complexity index is 878. The summed E-state index contributed by atoms with van der Waals surface area (Å²) in [6.07, 6.45) is 9.48. The molecule has 2 aromatic rings. The van der Waals surface area contributed by atoms with Gasteiger partial charge in [0.1, 0.15) is 0 Å². The number of pyridine rings is 1. The van der Waals surface area contributed by atoms with Gasteiger partial charge in [-0.1, -0.05) is 30.3 Å². The summed E-state index contributed by atoms with van der Waals surface area (Å²) in [5.41, 5.74) is 2.14. The highest BCUT2D eigenvalue weighted by Gasteiger charge is 2.50. The third-order valence-corrected chi connectivity index (χ3v) is 6.22. The third kappa shape index (κ3) is 3.72. The number of carbonyl (C=O) groups is 1. The molecule has 3 saturated heterocycles. The number of anilines is 1. The predicted molar refractivity (Wildman–Crippen MR) is 112 cm³/mol. The van der Waals surface area contributed by atoms with Gasteiger partial charge in [-0.3, -0.25) is 9.78 Å². The van der Waals surface area contributed by atoms with Crippen molar-refractivity contribution in [2.75, 3.05) is 37.6 Å². The molecule has 0 bridgehead atoms. The number of nitrogens with zero attached hydrogens (tertiary/aromatic N) is 4. The van der Waals surface area contributed by atoms with Gasteiger partial charge in [0.25, 0.3) is 0 Å². The average Bonchev–Trinajstić information content (AvgIpc) is 3.12. The number of hydrogen-bond donors (Lipinski definition) is 0. The summed E-state index contributed by atoms with van der Waals surface area (Å²) >= 11 is 0. The molecule has 4 heterocycles. The van der Waals surface area contributed by atoms with Gasteiger partial charge >= 0.3 is 0 Å². The molecule has 3 aliphatic rings. The predicted octanol–water partition coefficient (Wildman–Crippen LogP) is 2.59. The Morgan fingerprint density at radius 2 is 1.83 bits per heavy atom. The molecule has 5 rings (SSSR count). The van der Waals surface area contributed by atoms with E-state index in [4.69, 9.17) is 4.74 Å². The molecule has 6 heteroatoms. The third-order valence-electron chi connectivity index (χ3n) is 6.22. The van der Waals surface area contributed by atoms with E-state index in [0.29, 0.717) is 6.54 Å². The normalized spacial score (nSPS) is 23.8. The molecule has 1 unspecified atom stereocenters. The largest absolute Gasteiger partial charge is 0.371 e. The minimum absolute atomic E-state index is 0.149. The van der Waals surface area contributed by atoms with Crippen molar-refractivity contribution in [3.63, 3.8) is 0 Å². The number of benzene rings is 1. The summed E-state index contributed by atoms with van der Waals surface area (Å²) in [6, 6.07) is 14.3. The second kappa shape index (κ2) is 7.52. The van der Waals surface area contributed by atoms with Gasteiger partial charge in [0.2, 0.25) is 5.91 Å². The standard InChI is InChI=1S/C23H26N4O2/c28-21-16-25(13-8-19-4-2-1-3-5-19)17-22-27(21)18-23(29-22)9-14-26(15-10-23)20-6-11-24-12-7-20/h1-8,11-13,22H,9-10,14-18H2. The molecule has 1 aromatic heterocycles. The van der Waals surface area contributed by atoms with Crippen molar-refractivity contribution >= 4 is 17.7 Å². The van der Waals surface area contributed by atoms with E-state index in [1.165, 1.54) is 5.69 Å². The molecule has 3 aliphatic heterocycles. The van der Waals surface area contributed by atoms with Gasteiger partial charge in [0.15, 0.2) is 6.23 Å². The zero-order chi connectivity index (χ0) is 19.7. The van der Waals surface area contributed by atoms with Crippen molar-refractivity contribution in [3.05, 3.63) is 66.6 Å². The number of piperazine rings is 1. The van der Waals surface area contributed by atoms with Crippen LogP contribution in [0, 0.1) is 0 Å². The second-order valence-electron chi connectivity index (χ2n) is 8.13. The Balaban J connectivity index is 1.23. The van der Waals surface area contributed by atoms with Crippen LogP contribution in [-0.4, -0.2) is 65.2 Å². The number of carbonyl (C=O) groups excluding carboxylic acids is 1. The van der Waals surface area contributed by atoms with Crippen molar-refractivity contribution < 1.29 is 9.53 Å². The van der Waals surface area contributed by atoms with E-state index in [2.05, 4.69) is 45.1 Å². The first-order valence-corrected chi connectivity index (χ1v) is 10.3. The average molecular weight is 390 g/mol. The van der Waals surface area contributed by atoms with E-state index in [1.807, 2.05) is 41.7 Å². The highest BCUT2D eigenvalue weighted by molar-refractivity contribution is 5.80. The van der Waals surface area contributed by atoms with E-state index in [0.717, 1.165) is 44.6 Å². The van der Waals surface area contributed by atoms with Gasteiger partial charge < -0.3 is 19.4 Å². The Hall–Kier alpha value is -2.86. The molecular formula is C23H26N4O2. The fourth-order valence-electron chi connectivity index (χ4n) is 4.59. The van der Waals surface area contributed by atoms with Gasteiger partial charge in [-0.2, -0.15) is 0 Å². The van der Waals surface area contributed by atoms with Crippen LogP contribution in [0.2, 0.25) is 0 Å². The lowest BCUT2D eigenvalue weighted by Gasteiger charge is -2.39. The summed E-state index contributed by atoms with van der Waals surface area (Å²) in [4.78, 5) is 23.3.